The van der Waals surface area contributed by atoms with Crippen LogP contribution >= 0.6 is 0 Å². The molecule has 2 N–H and O–H groups in total. The van der Waals surface area contributed by atoms with Gasteiger partial charge < -0.3 is 5.73 Å². The van der Waals surface area contributed by atoms with E-state index in [0.29, 0.717) is 5.82 Å². The summed E-state index contributed by atoms with van der Waals surface area (Å²) >= 11 is 0. The smallest absolute Gasteiger partial charge is 0.129 e. The second kappa shape index (κ2) is 3.38. The summed E-state index contributed by atoms with van der Waals surface area (Å²) in [5.41, 5.74) is 8.23. The first-order valence-electron chi connectivity index (χ1n) is 4.64. The van der Waals surface area contributed by atoms with Gasteiger partial charge in [0.05, 0.1) is 5.69 Å². The van der Waals surface area contributed by atoms with Gasteiger partial charge in [-0.2, -0.15) is 5.10 Å². The molecule has 2 rings (SSSR count). The highest BCUT2D eigenvalue weighted by Crippen LogP contribution is 2.28. The van der Waals surface area contributed by atoms with E-state index >= 15 is 0 Å². The van der Waals surface area contributed by atoms with Crippen LogP contribution in [0.4, 0.5) is 10.2 Å². The van der Waals surface area contributed by atoms with Crippen LogP contribution in [0.5, 0.6) is 0 Å². The van der Waals surface area contributed by atoms with Gasteiger partial charge in [-0.3, -0.25) is 4.68 Å². The minimum absolute atomic E-state index is 0.268. The Bertz CT molecular complexity index is 503. The Morgan fingerprint density at radius 1 is 1.40 bits per heavy atom. The van der Waals surface area contributed by atoms with E-state index in [-0.39, 0.29) is 5.82 Å². The Labute approximate surface area is 87.3 Å². The number of aryl methyl sites for hydroxylation is 2. The van der Waals surface area contributed by atoms with Crippen LogP contribution in [0.3, 0.4) is 0 Å². The van der Waals surface area contributed by atoms with Gasteiger partial charge in [0.2, 0.25) is 0 Å². The third-order valence-electron chi connectivity index (χ3n) is 2.38. The van der Waals surface area contributed by atoms with Crippen molar-refractivity contribution in [3.05, 3.63) is 35.8 Å². The lowest BCUT2D eigenvalue weighted by molar-refractivity contribution is 0.628. The van der Waals surface area contributed by atoms with Gasteiger partial charge >= 0.3 is 0 Å². The number of hydrogen-bond donors (Lipinski definition) is 1. The molecule has 1 heterocycles. The molecule has 0 saturated heterocycles. The van der Waals surface area contributed by atoms with E-state index in [0.717, 1.165) is 16.8 Å². The summed E-state index contributed by atoms with van der Waals surface area (Å²) < 4.78 is 14.6. The predicted molar refractivity (Wildman–Crippen MR) is 57.8 cm³/mol. The highest BCUT2D eigenvalue weighted by Gasteiger charge is 2.12. The summed E-state index contributed by atoms with van der Waals surface area (Å²) in [6, 6.07) is 6.35. The summed E-state index contributed by atoms with van der Waals surface area (Å²) in [4.78, 5) is 0. The molecule has 0 radical (unpaired) electrons. The van der Waals surface area contributed by atoms with E-state index in [1.165, 1.54) is 12.1 Å². The molecule has 0 bridgehead atoms. The standard InChI is InChI=1S/C11H12FN3/c1-7-10(11(13)15(2)14-7)8-4-3-5-9(12)6-8/h3-6H,13H2,1-2H3. The predicted octanol–water partition coefficient (Wildman–Crippen LogP) is 2.12. The fourth-order valence-electron chi connectivity index (χ4n) is 1.68. The second-order valence-corrected chi connectivity index (χ2v) is 3.48. The largest absolute Gasteiger partial charge is 0.383 e. The molecule has 2 aromatic rings. The summed E-state index contributed by atoms with van der Waals surface area (Å²) in [5, 5.41) is 4.19. The molecule has 1 aromatic heterocycles. The number of benzene rings is 1. The normalized spacial score (nSPS) is 10.6. The number of anilines is 1. The maximum absolute atomic E-state index is 13.1. The molecular weight excluding hydrogens is 193 g/mol. The number of hydrogen-bond acceptors (Lipinski definition) is 2. The fourth-order valence-corrected chi connectivity index (χ4v) is 1.68. The fraction of sp³-hybridized carbons (Fsp3) is 0.182. The quantitative estimate of drug-likeness (QED) is 0.774. The molecule has 0 atom stereocenters. The van der Waals surface area contributed by atoms with E-state index < -0.39 is 0 Å². The van der Waals surface area contributed by atoms with Crippen molar-refractivity contribution in [3.63, 3.8) is 0 Å². The molecule has 0 aliphatic heterocycles. The van der Waals surface area contributed by atoms with Crippen LogP contribution in [-0.4, -0.2) is 9.78 Å². The molecule has 0 saturated carbocycles. The van der Waals surface area contributed by atoms with E-state index in [1.807, 2.05) is 13.0 Å². The molecular formula is C11H12FN3. The highest BCUT2D eigenvalue weighted by molar-refractivity contribution is 5.76. The summed E-state index contributed by atoms with van der Waals surface area (Å²) in [6.45, 7) is 1.86. The van der Waals surface area contributed by atoms with E-state index in [4.69, 9.17) is 5.73 Å². The zero-order chi connectivity index (χ0) is 11.0. The molecule has 1 aromatic carbocycles. The van der Waals surface area contributed by atoms with E-state index in [1.54, 1.807) is 17.8 Å². The third kappa shape index (κ3) is 1.58. The first kappa shape index (κ1) is 9.71. The number of nitrogens with zero attached hydrogens (tertiary/aromatic N) is 2. The monoisotopic (exact) mass is 205 g/mol. The maximum Gasteiger partial charge on any atom is 0.129 e. The molecule has 0 unspecified atom stereocenters. The van der Waals surface area contributed by atoms with Gasteiger partial charge in [-0.25, -0.2) is 4.39 Å². The number of nitrogen functional groups attached to an aromatic ring is 1. The number of aromatic nitrogens is 2. The molecule has 0 fully saturated rings. The number of nitrogens with two attached hydrogens (primary N) is 1. The van der Waals surface area contributed by atoms with Crippen LogP contribution in [0.15, 0.2) is 24.3 Å². The average Bonchev–Trinajstić information content (AvgIpc) is 2.41. The van der Waals surface area contributed by atoms with Gasteiger partial charge in [0.15, 0.2) is 0 Å². The SMILES string of the molecule is Cc1nn(C)c(N)c1-c1cccc(F)c1. The van der Waals surface area contributed by atoms with Crippen LogP contribution in [-0.2, 0) is 7.05 Å². The maximum atomic E-state index is 13.1. The Hall–Kier alpha value is -1.84. The zero-order valence-electron chi connectivity index (χ0n) is 8.66. The highest BCUT2D eigenvalue weighted by atomic mass is 19.1. The van der Waals surface area contributed by atoms with Crippen LogP contribution < -0.4 is 5.73 Å². The lowest BCUT2D eigenvalue weighted by Crippen LogP contribution is -1.98. The number of rotatable bonds is 1. The van der Waals surface area contributed by atoms with Crippen molar-refractivity contribution >= 4 is 5.82 Å². The Kier molecular flexibility index (Phi) is 2.19. The summed E-state index contributed by atoms with van der Waals surface area (Å²) in [6.07, 6.45) is 0. The molecule has 15 heavy (non-hydrogen) atoms. The number of halogens is 1. The first-order chi connectivity index (χ1) is 7.09. The van der Waals surface area contributed by atoms with Gasteiger partial charge in [-0.05, 0) is 24.6 Å². The van der Waals surface area contributed by atoms with Crippen molar-refractivity contribution in [1.29, 1.82) is 0 Å². The van der Waals surface area contributed by atoms with Gasteiger partial charge in [0.25, 0.3) is 0 Å². The van der Waals surface area contributed by atoms with Crippen molar-refractivity contribution < 1.29 is 4.39 Å². The molecule has 0 aliphatic carbocycles. The van der Waals surface area contributed by atoms with Crippen molar-refractivity contribution in [2.75, 3.05) is 5.73 Å². The molecule has 78 valence electrons. The average molecular weight is 205 g/mol. The molecule has 0 spiro atoms. The topological polar surface area (TPSA) is 43.8 Å². The van der Waals surface area contributed by atoms with Crippen molar-refractivity contribution in [2.24, 2.45) is 7.05 Å². The summed E-state index contributed by atoms with van der Waals surface area (Å²) in [7, 11) is 1.77. The van der Waals surface area contributed by atoms with Crippen LogP contribution in [0, 0.1) is 12.7 Å². The molecule has 0 amide bonds. The lowest BCUT2D eigenvalue weighted by atomic mass is 10.1. The minimum atomic E-state index is -0.268. The third-order valence-corrected chi connectivity index (χ3v) is 2.38. The van der Waals surface area contributed by atoms with Gasteiger partial charge in [-0.1, -0.05) is 12.1 Å². The Balaban J connectivity index is 2.63. The van der Waals surface area contributed by atoms with Crippen LogP contribution in [0.1, 0.15) is 5.69 Å². The Morgan fingerprint density at radius 2 is 2.13 bits per heavy atom. The van der Waals surface area contributed by atoms with Crippen LogP contribution in [0.25, 0.3) is 11.1 Å². The zero-order valence-corrected chi connectivity index (χ0v) is 8.66. The second-order valence-electron chi connectivity index (χ2n) is 3.48. The minimum Gasteiger partial charge on any atom is -0.383 e. The van der Waals surface area contributed by atoms with Gasteiger partial charge in [0.1, 0.15) is 11.6 Å². The van der Waals surface area contributed by atoms with E-state index in [9.17, 15) is 4.39 Å². The lowest BCUT2D eigenvalue weighted by Gasteiger charge is -2.01. The van der Waals surface area contributed by atoms with Crippen molar-refractivity contribution in [3.8, 4) is 11.1 Å². The van der Waals surface area contributed by atoms with Crippen molar-refractivity contribution in [2.45, 2.75) is 6.92 Å². The van der Waals surface area contributed by atoms with Gasteiger partial charge in [0, 0.05) is 12.6 Å². The molecule has 0 aliphatic rings. The summed E-state index contributed by atoms with van der Waals surface area (Å²) in [5.74, 6) is 0.285. The van der Waals surface area contributed by atoms with Gasteiger partial charge in [-0.15, -0.1) is 0 Å². The first-order valence-corrected chi connectivity index (χ1v) is 4.64. The van der Waals surface area contributed by atoms with Crippen LogP contribution in [0.2, 0.25) is 0 Å². The Morgan fingerprint density at radius 3 is 2.67 bits per heavy atom. The van der Waals surface area contributed by atoms with Crippen molar-refractivity contribution in [1.82, 2.24) is 9.78 Å². The molecule has 3 nitrogen and oxygen atoms in total. The molecule has 4 heteroatoms. The van der Waals surface area contributed by atoms with E-state index in [2.05, 4.69) is 5.10 Å².